The number of carbonyl (C=O) groups excluding carboxylic acids is 1. The normalized spacial score (nSPS) is 11.8. The van der Waals surface area contributed by atoms with Gasteiger partial charge in [0.15, 0.2) is 5.82 Å². The molecule has 1 heterocycles. The van der Waals surface area contributed by atoms with E-state index in [2.05, 4.69) is 21.5 Å². The minimum atomic E-state index is -0.464. The lowest BCUT2D eigenvalue weighted by atomic mass is 9.92. The number of amides is 1. The van der Waals surface area contributed by atoms with Crippen LogP contribution in [0.15, 0.2) is 53.1 Å². The highest BCUT2D eigenvalue weighted by Gasteiger charge is 2.17. The van der Waals surface area contributed by atoms with Crippen LogP contribution in [0.2, 0.25) is 5.02 Å². The summed E-state index contributed by atoms with van der Waals surface area (Å²) in [7, 11) is 0. The molecule has 1 amide bonds. The highest BCUT2D eigenvalue weighted by atomic mass is 35.5. The second-order valence-electron chi connectivity index (χ2n) is 7.31. The number of nitrogens with zero attached hydrogens (tertiary/aromatic N) is 3. The summed E-state index contributed by atoms with van der Waals surface area (Å²) in [4.78, 5) is 16.6. The van der Waals surface area contributed by atoms with Crippen molar-refractivity contribution in [2.75, 3.05) is 5.32 Å². The van der Waals surface area contributed by atoms with Crippen molar-refractivity contribution in [3.8, 4) is 6.07 Å². The number of benzene rings is 2. The number of nitrogens with one attached hydrogen (secondary N) is 1. The molecule has 0 fully saturated rings. The van der Waals surface area contributed by atoms with Gasteiger partial charge < -0.3 is 9.84 Å². The average Bonchev–Trinajstić information content (AvgIpc) is 3.20. The molecule has 7 heteroatoms. The van der Waals surface area contributed by atoms with Crippen LogP contribution in [-0.2, 0) is 11.2 Å². The second-order valence-corrected chi connectivity index (χ2v) is 7.72. The maximum absolute atomic E-state index is 12.3. The van der Waals surface area contributed by atoms with E-state index in [-0.39, 0.29) is 11.8 Å². The van der Waals surface area contributed by atoms with Crippen LogP contribution in [-0.4, -0.2) is 16.0 Å². The van der Waals surface area contributed by atoms with E-state index in [4.69, 9.17) is 16.1 Å². The van der Waals surface area contributed by atoms with Gasteiger partial charge in [0.25, 0.3) is 0 Å². The van der Waals surface area contributed by atoms with Crippen molar-refractivity contribution >= 4 is 23.2 Å². The Morgan fingerprint density at radius 3 is 2.63 bits per heavy atom. The van der Waals surface area contributed by atoms with Crippen LogP contribution in [0, 0.1) is 11.3 Å². The van der Waals surface area contributed by atoms with E-state index >= 15 is 0 Å². The van der Waals surface area contributed by atoms with E-state index in [1.165, 1.54) is 0 Å². The van der Waals surface area contributed by atoms with Crippen molar-refractivity contribution in [2.24, 2.45) is 0 Å². The molecule has 1 aromatic heterocycles. The van der Waals surface area contributed by atoms with Crippen molar-refractivity contribution in [1.82, 2.24) is 10.1 Å². The first kappa shape index (κ1) is 21.5. The van der Waals surface area contributed by atoms with Crippen molar-refractivity contribution in [2.45, 2.75) is 44.9 Å². The molecule has 154 valence electrons. The first-order chi connectivity index (χ1) is 14.5. The minimum Gasteiger partial charge on any atom is -0.339 e. The van der Waals surface area contributed by atoms with Crippen LogP contribution < -0.4 is 5.32 Å². The Labute approximate surface area is 180 Å². The maximum atomic E-state index is 12.3. The van der Waals surface area contributed by atoms with Crippen molar-refractivity contribution in [1.29, 1.82) is 5.26 Å². The quantitative estimate of drug-likeness (QED) is 0.520. The average molecular weight is 423 g/mol. The summed E-state index contributed by atoms with van der Waals surface area (Å²) in [5, 5.41) is 16.8. The monoisotopic (exact) mass is 422 g/mol. The molecular formula is C23H23ClN4O2. The Kier molecular flexibility index (Phi) is 7.21. The van der Waals surface area contributed by atoms with Crippen molar-refractivity contribution in [3.05, 3.63) is 76.4 Å². The lowest BCUT2D eigenvalue weighted by molar-refractivity contribution is -0.116. The molecule has 6 nitrogen and oxygen atoms in total. The number of carbonyl (C=O) groups is 1. The van der Waals surface area contributed by atoms with Gasteiger partial charge in [0.2, 0.25) is 11.8 Å². The summed E-state index contributed by atoms with van der Waals surface area (Å²) in [5.74, 6) is 0.842. The molecule has 0 saturated heterocycles. The SMILES string of the molecule is CC(C)c1noc(CCCC(=O)Nc2ccc(C(C#N)c3ccccc3)c(Cl)c2)n1. The van der Waals surface area contributed by atoms with E-state index in [0.717, 1.165) is 5.56 Å². The molecular weight excluding hydrogens is 400 g/mol. The molecule has 2 aromatic carbocycles. The molecule has 1 atom stereocenters. The van der Waals surface area contributed by atoms with E-state index in [9.17, 15) is 10.1 Å². The van der Waals surface area contributed by atoms with Gasteiger partial charge in [-0.2, -0.15) is 10.2 Å². The summed E-state index contributed by atoms with van der Waals surface area (Å²) in [6.45, 7) is 3.99. The summed E-state index contributed by atoms with van der Waals surface area (Å²) >= 11 is 6.42. The Morgan fingerprint density at radius 2 is 2.00 bits per heavy atom. The Bertz CT molecular complexity index is 1040. The van der Waals surface area contributed by atoms with Gasteiger partial charge in [-0.25, -0.2) is 0 Å². The van der Waals surface area contributed by atoms with Crippen LogP contribution in [0.25, 0.3) is 0 Å². The first-order valence-corrected chi connectivity index (χ1v) is 10.2. The molecule has 0 radical (unpaired) electrons. The fraction of sp³-hybridized carbons (Fsp3) is 0.304. The molecule has 0 aliphatic carbocycles. The molecule has 3 rings (SSSR count). The molecule has 0 spiro atoms. The summed E-state index contributed by atoms with van der Waals surface area (Å²) in [6, 6.07) is 17.0. The highest BCUT2D eigenvalue weighted by Crippen LogP contribution is 2.31. The minimum absolute atomic E-state index is 0.123. The predicted octanol–water partition coefficient (Wildman–Crippen LogP) is 5.46. The summed E-state index contributed by atoms with van der Waals surface area (Å²) in [5.41, 5.74) is 2.18. The molecule has 1 N–H and O–H groups in total. The molecule has 0 aliphatic heterocycles. The van der Waals surface area contributed by atoms with E-state index in [1.807, 2.05) is 44.2 Å². The van der Waals surface area contributed by atoms with E-state index in [0.29, 0.717) is 47.3 Å². The molecule has 3 aromatic rings. The van der Waals surface area contributed by atoms with Crippen LogP contribution in [0.3, 0.4) is 0 Å². The van der Waals surface area contributed by atoms with Crippen LogP contribution >= 0.6 is 11.6 Å². The Morgan fingerprint density at radius 1 is 1.23 bits per heavy atom. The van der Waals surface area contributed by atoms with Gasteiger partial charge in [0.1, 0.15) is 0 Å². The van der Waals surface area contributed by atoms with Gasteiger partial charge in [-0.3, -0.25) is 4.79 Å². The number of hydrogen-bond acceptors (Lipinski definition) is 5. The van der Waals surface area contributed by atoms with Crippen LogP contribution in [0.4, 0.5) is 5.69 Å². The predicted molar refractivity (Wildman–Crippen MR) is 115 cm³/mol. The number of halogens is 1. The molecule has 0 saturated carbocycles. The third-order valence-electron chi connectivity index (χ3n) is 4.65. The third kappa shape index (κ3) is 5.46. The van der Waals surface area contributed by atoms with Crippen molar-refractivity contribution < 1.29 is 9.32 Å². The molecule has 30 heavy (non-hydrogen) atoms. The van der Waals surface area contributed by atoms with Gasteiger partial charge in [0, 0.05) is 29.5 Å². The van der Waals surface area contributed by atoms with Crippen LogP contribution in [0.1, 0.15) is 61.4 Å². The Hall–Kier alpha value is -3.17. The second kappa shape index (κ2) is 10.0. The first-order valence-electron chi connectivity index (χ1n) is 9.84. The van der Waals surface area contributed by atoms with Gasteiger partial charge in [-0.15, -0.1) is 0 Å². The third-order valence-corrected chi connectivity index (χ3v) is 4.98. The van der Waals surface area contributed by atoms with Gasteiger partial charge in [-0.05, 0) is 29.7 Å². The smallest absolute Gasteiger partial charge is 0.226 e. The number of hydrogen-bond donors (Lipinski definition) is 1. The summed E-state index contributed by atoms with van der Waals surface area (Å²) in [6.07, 6.45) is 1.47. The molecule has 0 aliphatic rings. The van der Waals surface area contributed by atoms with Gasteiger partial charge in [-0.1, -0.05) is 67.0 Å². The fourth-order valence-electron chi connectivity index (χ4n) is 3.04. The molecule has 0 bridgehead atoms. The molecule has 1 unspecified atom stereocenters. The lowest BCUT2D eigenvalue weighted by Gasteiger charge is -2.13. The van der Waals surface area contributed by atoms with Gasteiger partial charge >= 0.3 is 0 Å². The highest BCUT2D eigenvalue weighted by molar-refractivity contribution is 6.31. The number of rotatable bonds is 8. The maximum Gasteiger partial charge on any atom is 0.226 e. The topological polar surface area (TPSA) is 91.8 Å². The van der Waals surface area contributed by atoms with Crippen molar-refractivity contribution in [3.63, 3.8) is 0 Å². The zero-order chi connectivity index (χ0) is 21.5. The van der Waals surface area contributed by atoms with Crippen LogP contribution in [0.5, 0.6) is 0 Å². The number of aryl methyl sites for hydroxylation is 1. The number of nitriles is 1. The number of anilines is 1. The zero-order valence-corrected chi connectivity index (χ0v) is 17.7. The van der Waals surface area contributed by atoms with Gasteiger partial charge in [0.05, 0.1) is 12.0 Å². The van der Waals surface area contributed by atoms with E-state index < -0.39 is 5.92 Å². The van der Waals surface area contributed by atoms with E-state index in [1.54, 1.807) is 18.2 Å². The Balaban J connectivity index is 1.57. The lowest BCUT2D eigenvalue weighted by Crippen LogP contribution is -2.12. The summed E-state index contributed by atoms with van der Waals surface area (Å²) < 4.78 is 5.19. The largest absolute Gasteiger partial charge is 0.339 e. The zero-order valence-electron chi connectivity index (χ0n) is 16.9. The fourth-order valence-corrected chi connectivity index (χ4v) is 3.33. The number of aromatic nitrogens is 2. The standard InChI is InChI=1S/C23H23ClN4O2/c1-15(2)23-27-22(30-28-23)10-6-9-21(29)26-17-11-12-18(20(24)13-17)19(14-25)16-7-4-3-5-8-16/h3-5,7-8,11-13,15,19H,6,9-10H2,1-2H3,(H,26,29).